The number of hydrogen-bond donors (Lipinski definition) is 2. The van der Waals surface area contributed by atoms with Gasteiger partial charge >= 0.3 is 0 Å². The topological polar surface area (TPSA) is 67.7 Å². The van der Waals surface area contributed by atoms with E-state index in [-0.39, 0.29) is 0 Å². The average Bonchev–Trinajstić information content (AvgIpc) is 3.05. The van der Waals surface area contributed by atoms with Crippen LogP contribution in [0.2, 0.25) is 0 Å². The van der Waals surface area contributed by atoms with E-state index >= 15 is 0 Å². The Labute approximate surface area is 130 Å². The van der Waals surface area contributed by atoms with E-state index in [4.69, 9.17) is 4.98 Å². The summed E-state index contributed by atoms with van der Waals surface area (Å²) in [5.74, 6) is 2.61. The van der Waals surface area contributed by atoms with Crippen LogP contribution >= 0.6 is 0 Å². The monoisotopic (exact) mass is 298 g/mol. The van der Waals surface area contributed by atoms with Gasteiger partial charge in [-0.25, -0.2) is 9.97 Å². The van der Waals surface area contributed by atoms with Crippen LogP contribution in [-0.4, -0.2) is 38.9 Å². The summed E-state index contributed by atoms with van der Waals surface area (Å²) in [5.41, 5.74) is 2.44. The number of pyridine rings is 1. The van der Waals surface area contributed by atoms with E-state index < -0.39 is 0 Å². The second kappa shape index (κ2) is 4.78. The lowest BCUT2D eigenvalue weighted by molar-refractivity contribution is 0.523. The van der Waals surface area contributed by atoms with Gasteiger partial charge in [-0.05, 0) is 38.8 Å². The Morgan fingerprint density at radius 2 is 2.09 bits per heavy atom. The molecule has 0 aromatic carbocycles. The first-order chi connectivity index (χ1) is 10.6. The molecule has 1 saturated heterocycles. The van der Waals surface area contributed by atoms with Crippen LogP contribution in [0.5, 0.6) is 0 Å². The highest BCUT2D eigenvalue weighted by Crippen LogP contribution is 2.51. The van der Waals surface area contributed by atoms with Crippen molar-refractivity contribution in [3.05, 3.63) is 23.7 Å². The van der Waals surface area contributed by atoms with Crippen molar-refractivity contribution in [3.8, 4) is 11.4 Å². The van der Waals surface area contributed by atoms with Crippen molar-refractivity contribution in [3.63, 3.8) is 0 Å². The Bertz CT molecular complexity index is 696. The Morgan fingerprint density at radius 1 is 1.27 bits per heavy atom. The van der Waals surface area contributed by atoms with Crippen molar-refractivity contribution in [1.29, 1.82) is 0 Å². The summed E-state index contributed by atoms with van der Waals surface area (Å²) >= 11 is 0. The van der Waals surface area contributed by atoms with Crippen LogP contribution in [0, 0.1) is 19.3 Å². The molecule has 22 heavy (non-hydrogen) atoms. The van der Waals surface area contributed by atoms with Crippen LogP contribution in [-0.2, 0) is 7.05 Å². The van der Waals surface area contributed by atoms with E-state index in [1.54, 1.807) is 4.68 Å². The first-order valence-corrected chi connectivity index (χ1v) is 7.90. The first kappa shape index (κ1) is 13.7. The lowest BCUT2D eigenvalue weighted by Crippen LogP contribution is -2.29. The molecular formula is C16H22N6. The summed E-state index contributed by atoms with van der Waals surface area (Å²) in [6.45, 7) is 6.14. The van der Waals surface area contributed by atoms with E-state index in [9.17, 15) is 0 Å². The SMILES string of the molecule is Cc1nc(N[C@@H]2CNCC23CC3)ccc1-c1nc(C)n(C)n1. The van der Waals surface area contributed by atoms with Crippen molar-refractivity contribution in [1.82, 2.24) is 25.1 Å². The van der Waals surface area contributed by atoms with Crippen molar-refractivity contribution in [2.75, 3.05) is 18.4 Å². The lowest BCUT2D eigenvalue weighted by Gasteiger charge is -2.20. The van der Waals surface area contributed by atoms with Gasteiger partial charge in [-0.3, -0.25) is 4.68 Å². The quantitative estimate of drug-likeness (QED) is 0.902. The van der Waals surface area contributed by atoms with Gasteiger partial charge in [-0.2, -0.15) is 5.10 Å². The summed E-state index contributed by atoms with van der Waals surface area (Å²) in [6.07, 6.45) is 2.65. The highest BCUT2D eigenvalue weighted by Gasteiger charge is 2.52. The molecule has 0 radical (unpaired) electrons. The number of hydrogen-bond acceptors (Lipinski definition) is 5. The second-order valence-corrected chi connectivity index (χ2v) is 6.63. The van der Waals surface area contributed by atoms with Crippen LogP contribution in [0.25, 0.3) is 11.4 Å². The van der Waals surface area contributed by atoms with Crippen molar-refractivity contribution in [2.24, 2.45) is 12.5 Å². The smallest absolute Gasteiger partial charge is 0.183 e. The molecule has 2 aromatic rings. The molecule has 1 aliphatic heterocycles. The number of aryl methyl sites for hydroxylation is 3. The fourth-order valence-corrected chi connectivity index (χ4v) is 3.33. The molecule has 0 unspecified atom stereocenters. The summed E-state index contributed by atoms with van der Waals surface area (Å²) in [4.78, 5) is 9.21. The van der Waals surface area contributed by atoms with Gasteiger partial charge in [-0.1, -0.05) is 0 Å². The van der Waals surface area contributed by atoms with Gasteiger partial charge in [0.15, 0.2) is 5.82 Å². The minimum Gasteiger partial charge on any atom is -0.365 e. The number of nitrogens with one attached hydrogen (secondary N) is 2. The maximum atomic E-state index is 4.72. The van der Waals surface area contributed by atoms with Gasteiger partial charge in [-0.15, -0.1) is 0 Å². The minimum absolute atomic E-state index is 0.480. The van der Waals surface area contributed by atoms with Crippen molar-refractivity contribution < 1.29 is 0 Å². The van der Waals surface area contributed by atoms with Crippen LogP contribution < -0.4 is 10.6 Å². The summed E-state index contributed by atoms with van der Waals surface area (Å²) in [5, 5.41) is 11.5. The van der Waals surface area contributed by atoms with Crippen LogP contribution in [0.15, 0.2) is 12.1 Å². The Morgan fingerprint density at radius 3 is 2.73 bits per heavy atom. The minimum atomic E-state index is 0.480. The lowest BCUT2D eigenvalue weighted by atomic mass is 10.0. The summed E-state index contributed by atoms with van der Waals surface area (Å²) < 4.78 is 1.79. The standard InChI is InChI=1S/C16H22N6/c1-10-12(15-19-11(2)22(3)21-15)4-5-14(18-10)20-13-8-17-9-16(13)6-7-16/h4-5,13,17H,6-9H2,1-3H3,(H,18,20)/t13-/m1/s1. The maximum Gasteiger partial charge on any atom is 0.183 e. The van der Waals surface area contributed by atoms with E-state index in [1.807, 2.05) is 27.0 Å². The summed E-state index contributed by atoms with van der Waals surface area (Å²) in [7, 11) is 1.91. The number of rotatable bonds is 3. The van der Waals surface area contributed by atoms with Gasteiger partial charge in [0.05, 0.1) is 5.69 Å². The van der Waals surface area contributed by atoms with E-state index in [0.29, 0.717) is 11.5 Å². The third-order valence-corrected chi connectivity index (χ3v) is 5.09. The molecule has 3 heterocycles. The molecule has 1 aliphatic carbocycles. The van der Waals surface area contributed by atoms with E-state index in [0.717, 1.165) is 41.8 Å². The fraction of sp³-hybridized carbons (Fsp3) is 0.562. The normalized spacial score (nSPS) is 22.2. The van der Waals surface area contributed by atoms with Gasteiger partial charge in [0.2, 0.25) is 0 Å². The van der Waals surface area contributed by atoms with E-state index in [2.05, 4.69) is 26.8 Å². The van der Waals surface area contributed by atoms with Gasteiger partial charge in [0.1, 0.15) is 11.6 Å². The Balaban J connectivity index is 1.57. The van der Waals surface area contributed by atoms with Crippen LogP contribution in [0.3, 0.4) is 0 Å². The second-order valence-electron chi connectivity index (χ2n) is 6.63. The molecule has 4 rings (SSSR count). The van der Waals surface area contributed by atoms with Crippen LogP contribution in [0.1, 0.15) is 24.4 Å². The Kier molecular flexibility index (Phi) is 2.97. The highest BCUT2D eigenvalue weighted by atomic mass is 15.3. The number of anilines is 1. The predicted molar refractivity (Wildman–Crippen MR) is 85.7 cm³/mol. The third kappa shape index (κ3) is 2.18. The molecule has 2 aliphatic rings. The first-order valence-electron chi connectivity index (χ1n) is 7.90. The zero-order valence-corrected chi connectivity index (χ0v) is 13.3. The van der Waals surface area contributed by atoms with Crippen molar-refractivity contribution >= 4 is 5.82 Å². The molecule has 2 N–H and O–H groups in total. The molecule has 6 nitrogen and oxygen atoms in total. The highest BCUT2D eigenvalue weighted by molar-refractivity contribution is 5.60. The van der Waals surface area contributed by atoms with Crippen molar-refractivity contribution in [2.45, 2.75) is 32.7 Å². The molecule has 1 spiro atoms. The zero-order chi connectivity index (χ0) is 15.3. The molecular weight excluding hydrogens is 276 g/mol. The molecule has 0 bridgehead atoms. The molecule has 2 aromatic heterocycles. The molecule has 6 heteroatoms. The summed E-state index contributed by atoms with van der Waals surface area (Å²) in [6, 6.07) is 4.62. The average molecular weight is 298 g/mol. The predicted octanol–water partition coefficient (Wildman–Crippen LogP) is 1.66. The molecule has 116 valence electrons. The maximum absolute atomic E-state index is 4.72. The zero-order valence-electron chi connectivity index (χ0n) is 13.3. The Hall–Kier alpha value is -1.95. The number of aromatic nitrogens is 4. The van der Waals surface area contributed by atoms with Gasteiger partial charge < -0.3 is 10.6 Å². The van der Waals surface area contributed by atoms with E-state index in [1.165, 1.54) is 12.8 Å². The molecule has 0 amide bonds. The number of nitrogens with zero attached hydrogens (tertiary/aromatic N) is 4. The van der Waals surface area contributed by atoms with Gasteiger partial charge in [0, 0.05) is 37.2 Å². The molecule has 1 saturated carbocycles. The van der Waals surface area contributed by atoms with Gasteiger partial charge in [0.25, 0.3) is 0 Å². The largest absolute Gasteiger partial charge is 0.365 e. The van der Waals surface area contributed by atoms with Crippen LogP contribution in [0.4, 0.5) is 5.82 Å². The fourth-order valence-electron chi connectivity index (χ4n) is 3.33. The third-order valence-electron chi connectivity index (χ3n) is 5.09. The molecule has 1 atom stereocenters. The molecule has 2 fully saturated rings.